The number of thioether (sulfide) groups is 1. The summed E-state index contributed by atoms with van der Waals surface area (Å²) in [6, 6.07) is 10.8. The number of fused-ring (bicyclic) bond motifs is 1. The van der Waals surface area contributed by atoms with Gasteiger partial charge in [0.15, 0.2) is 23.0 Å². The first-order valence-corrected chi connectivity index (χ1v) is 14.9. The number of rotatable bonds is 13. The van der Waals surface area contributed by atoms with E-state index in [1.807, 2.05) is 0 Å². The fourth-order valence-corrected chi connectivity index (χ4v) is 7.45. The predicted molar refractivity (Wildman–Crippen MR) is 154 cm³/mol. The Kier molecular flexibility index (Phi) is 10.7. The molecule has 0 aromatic heterocycles. The van der Waals surface area contributed by atoms with Gasteiger partial charge in [-0.25, -0.2) is 0 Å². The molecule has 0 N–H and O–H groups in total. The highest BCUT2D eigenvalue weighted by atomic mass is 32.2. The van der Waals surface area contributed by atoms with Crippen molar-refractivity contribution >= 4 is 11.8 Å². The van der Waals surface area contributed by atoms with Crippen LogP contribution in [0, 0.1) is 0 Å². The smallest absolute Gasteiger partial charge is 0.161 e. The Morgan fingerprint density at radius 1 is 0.784 bits per heavy atom. The molecule has 0 saturated heterocycles. The molecule has 1 unspecified atom stereocenters. The van der Waals surface area contributed by atoms with Crippen molar-refractivity contribution in [2.24, 2.45) is 0 Å². The van der Waals surface area contributed by atoms with Crippen molar-refractivity contribution in [3.05, 3.63) is 47.0 Å². The predicted octanol–water partition coefficient (Wildman–Crippen LogP) is 7.45. The van der Waals surface area contributed by atoms with Crippen LogP contribution < -0.4 is 18.9 Å². The Morgan fingerprint density at radius 3 is 2.16 bits per heavy atom. The molecule has 2 aliphatic rings. The maximum Gasteiger partial charge on any atom is 0.161 e. The van der Waals surface area contributed by atoms with Crippen molar-refractivity contribution in [2.45, 2.75) is 81.3 Å². The molecule has 1 aliphatic heterocycles. The molecule has 0 spiro atoms. The number of methoxy groups -OCH3 is 4. The van der Waals surface area contributed by atoms with Gasteiger partial charge in [-0.1, -0.05) is 38.2 Å². The average molecular weight is 528 g/mol. The molecule has 204 valence electrons. The van der Waals surface area contributed by atoms with E-state index >= 15 is 0 Å². The molecule has 0 amide bonds. The van der Waals surface area contributed by atoms with Gasteiger partial charge in [0.1, 0.15) is 0 Å². The highest BCUT2D eigenvalue weighted by Gasteiger charge is 2.23. The molecule has 6 heteroatoms. The Hall–Kier alpha value is -2.05. The van der Waals surface area contributed by atoms with Crippen molar-refractivity contribution in [2.75, 3.05) is 41.5 Å². The Bertz CT molecular complexity index is 991. The first-order valence-electron chi connectivity index (χ1n) is 14.0. The van der Waals surface area contributed by atoms with E-state index in [2.05, 4.69) is 47.0 Å². The second-order valence-corrected chi connectivity index (χ2v) is 11.9. The van der Waals surface area contributed by atoms with Crippen molar-refractivity contribution < 1.29 is 18.9 Å². The zero-order valence-corrected chi connectivity index (χ0v) is 24.0. The van der Waals surface area contributed by atoms with Gasteiger partial charge in [-0.15, -0.1) is 0 Å². The topological polar surface area (TPSA) is 40.2 Å². The highest BCUT2D eigenvalue weighted by molar-refractivity contribution is 8.00. The van der Waals surface area contributed by atoms with E-state index in [0.29, 0.717) is 5.25 Å². The number of hydrogen-bond donors (Lipinski definition) is 0. The maximum atomic E-state index is 5.63. The summed E-state index contributed by atoms with van der Waals surface area (Å²) in [5.74, 6) is 3.32. The monoisotopic (exact) mass is 527 g/mol. The third kappa shape index (κ3) is 7.51. The number of benzene rings is 2. The summed E-state index contributed by atoms with van der Waals surface area (Å²) in [5, 5.41) is 1.31. The van der Waals surface area contributed by atoms with Crippen LogP contribution in [0.25, 0.3) is 0 Å². The maximum absolute atomic E-state index is 5.63. The van der Waals surface area contributed by atoms with E-state index < -0.39 is 0 Å². The molecule has 1 fully saturated rings. The van der Waals surface area contributed by atoms with Crippen LogP contribution >= 0.6 is 11.8 Å². The highest BCUT2D eigenvalue weighted by Crippen LogP contribution is 2.43. The van der Waals surface area contributed by atoms with Crippen LogP contribution in [0.1, 0.15) is 79.7 Å². The first-order chi connectivity index (χ1) is 18.1. The van der Waals surface area contributed by atoms with Crippen LogP contribution in [0.4, 0.5) is 0 Å². The average Bonchev–Trinajstić information content (AvgIpc) is 2.95. The fraction of sp³-hybridized carbons (Fsp3) is 0.613. The molecule has 0 radical (unpaired) electrons. The van der Waals surface area contributed by atoms with Crippen LogP contribution in [-0.2, 0) is 13.0 Å². The van der Waals surface area contributed by atoms with E-state index in [1.54, 1.807) is 28.4 Å². The van der Waals surface area contributed by atoms with Crippen molar-refractivity contribution in [1.82, 2.24) is 4.90 Å². The van der Waals surface area contributed by atoms with Crippen molar-refractivity contribution in [3.63, 3.8) is 0 Å². The largest absolute Gasteiger partial charge is 0.493 e. The van der Waals surface area contributed by atoms with E-state index in [9.17, 15) is 0 Å². The van der Waals surface area contributed by atoms with Crippen LogP contribution in [0.3, 0.4) is 0 Å². The number of ether oxygens (including phenoxy) is 4. The minimum Gasteiger partial charge on any atom is -0.493 e. The summed E-state index contributed by atoms with van der Waals surface area (Å²) >= 11 is 2.21. The summed E-state index contributed by atoms with van der Waals surface area (Å²) in [7, 11) is 6.87. The van der Waals surface area contributed by atoms with Crippen LogP contribution in [0.15, 0.2) is 30.3 Å². The molecule has 5 nitrogen and oxygen atoms in total. The molecular weight excluding hydrogens is 482 g/mol. The Labute approximate surface area is 228 Å². The van der Waals surface area contributed by atoms with E-state index in [0.717, 1.165) is 54.3 Å². The molecule has 1 heterocycles. The molecule has 1 aliphatic carbocycles. The van der Waals surface area contributed by atoms with Gasteiger partial charge in [0, 0.05) is 23.6 Å². The number of unbranched alkanes of at least 4 members (excludes halogenated alkanes) is 2. The van der Waals surface area contributed by atoms with Gasteiger partial charge in [0.25, 0.3) is 0 Å². The van der Waals surface area contributed by atoms with Gasteiger partial charge in [-0.05, 0) is 79.6 Å². The third-order valence-electron chi connectivity index (χ3n) is 7.93. The SMILES string of the molecule is COc1ccc(C(CCCCCN2CCc3cc(OC)c(OC)cc3C2)SC2CCCCC2)cc1OC. The van der Waals surface area contributed by atoms with Crippen molar-refractivity contribution in [1.29, 1.82) is 0 Å². The van der Waals surface area contributed by atoms with Gasteiger partial charge in [-0.3, -0.25) is 4.90 Å². The molecule has 4 rings (SSSR count). The Balaban J connectivity index is 1.29. The van der Waals surface area contributed by atoms with Crippen LogP contribution in [0.5, 0.6) is 23.0 Å². The van der Waals surface area contributed by atoms with Gasteiger partial charge in [-0.2, -0.15) is 11.8 Å². The van der Waals surface area contributed by atoms with E-state index in [-0.39, 0.29) is 0 Å². The molecule has 1 saturated carbocycles. The lowest BCUT2D eigenvalue weighted by Crippen LogP contribution is -2.31. The lowest BCUT2D eigenvalue weighted by Gasteiger charge is -2.29. The summed E-state index contributed by atoms with van der Waals surface area (Å²) in [6.07, 6.45) is 13.0. The van der Waals surface area contributed by atoms with Crippen LogP contribution in [-0.4, -0.2) is 51.7 Å². The molecular formula is C31H45NO4S. The molecule has 0 bridgehead atoms. The second kappa shape index (κ2) is 14.2. The fourth-order valence-electron chi connectivity index (χ4n) is 5.77. The van der Waals surface area contributed by atoms with Crippen LogP contribution in [0.2, 0.25) is 0 Å². The summed E-state index contributed by atoms with van der Waals surface area (Å²) in [4.78, 5) is 2.59. The van der Waals surface area contributed by atoms with Gasteiger partial charge in [0.05, 0.1) is 28.4 Å². The van der Waals surface area contributed by atoms with E-state index in [4.69, 9.17) is 18.9 Å². The van der Waals surface area contributed by atoms with Gasteiger partial charge < -0.3 is 18.9 Å². The van der Waals surface area contributed by atoms with Gasteiger partial charge in [0.2, 0.25) is 0 Å². The minimum atomic E-state index is 0.521. The number of nitrogens with zero attached hydrogens (tertiary/aromatic N) is 1. The summed E-state index contributed by atoms with van der Waals surface area (Å²) in [5.41, 5.74) is 4.15. The zero-order valence-electron chi connectivity index (χ0n) is 23.2. The quantitative estimate of drug-likeness (QED) is 0.252. The molecule has 1 atom stereocenters. The van der Waals surface area contributed by atoms with Gasteiger partial charge >= 0.3 is 0 Å². The molecule has 37 heavy (non-hydrogen) atoms. The standard InChI is InChI=1S/C31H45NO4S/c1-33-27-15-14-24(20-28(27)34-2)31(37-26-11-7-5-8-12-26)13-9-6-10-17-32-18-16-23-19-29(35-3)30(36-4)21-25(23)22-32/h14-15,19-21,26,31H,5-13,16-18,22H2,1-4H3. The summed E-state index contributed by atoms with van der Waals surface area (Å²) < 4.78 is 22.1. The van der Waals surface area contributed by atoms with Crippen molar-refractivity contribution in [3.8, 4) is 23.0 Å². The third-order valence-corrected chi connectivity index (χ3v) is 9.62. The second-order valence-electron chi connectivity index (χ2n) is 10.4. The molecule has 2 aromatic carbocycles. The Morgan fingerprint density at radius 2 is 1.46 bits per heavy atom. The first kappa shape index (κ1) is 28.0. The lowest BCUT2D eigenvalue weighted by molar-refractivity contribution is 0.246. The zero-order chi connectivity index (χ0) is 26.0. The number of hydrogen-bond acceptors (Lipinski definition) is 6. The van der Waals surface area contributed by atoms with E-state index in [1.165, 1.54) is 74.5 Å². The normalized spacial score (nSPS) is 17.2. The minimum absolute atomic E-state index is 0.521. The molecule has 2 aromatic rings. The lowest BCUT2D eigenvalue weighted by atomic mass is 9.98. The summed E-state index contributed by atoms with van der Waals surface area (Å²) in [6.45, 7) is 3.28.